The van der Waals surface area contributed by atoms with E-state index in [-0.39, 0.29) is 50.4 Å². The number of nitrogens with zero attached hydrogens (tertiary/aromatic N) is 4. The summed E-state index contributed by atoms with van der Waals surface area (Å²) >= 11 is 0. The minimum absolute atomic E-state index is 0.0784. The maximum Gasteiger partial charge on any atom is 0.419 e. The Bertz CT molecular complexity index is 1720. The van der Waals surface area contributed by atoms with Crippen molar-refractivity contribution in [3.63, 3.8) is 0 Å². The van der Waals surface area contributed by atoms with E-state index >= 15 is 0 Å². The summed E-state index contributed by atoms with van der Waals surface area (Å²) in [6, 6.07) is 8.74. The Morgan fingerprint density at radius 1 is 1.06 bits per heavy atom. The van der Waals surface area contributed by atoms with Gasteiger partial charge in [0, 0.05) is 63.6 Å². The summed E-state index contributed by atoms with van der Waals surface area (Å²) in [5.41, 5.74) is -0.353. The number of carbonyl (C=O) groups is 4. The van der Waals surface area contributed by atoms with Gasteiger partial charge in [0.25, 0.3) is 5.56 Å². The number of fused-ring (bicyclic) bond motifs is 1. The number of amides is 2. The van der Waals surface area contributed by atoms with Crippen molar-refractivity contribution in [3.8, 4) is 0 Å². The number of carbonyl (C=O) groups excluding carboxylic acids is 4. The third-order valence-corrected chi connectivity index (χ3v) is 7.43. The number of pyridine rings is 1. The molecule has 266 valence electrons. The topological polar surface area (TPSA) is 129 Å². The van der Waals surface area contributed by atoms with E-state index in [0.717, 1.165) is 0 Å². The lowest BCUT2D eigenvalue weighted by molar-refractivity contribution is -0.127. The summed E-state index contributed by atoms with van der Waals surface area (Å²) in [6.45, 7) is 7.98. The number of allylic oxidation sites excluding steroid dienone is 1. The number of ether oxygens (including phenoxy) is 3. The molecule has 3 rings (SSSR count). The van der Waals surface area contributed by atoms with Crippen LogP contribution in [-0.2, 0) is 36.8 Å². The van der Waals surface area contributed by atoms with Gasteiger partial charge in [-0.05, 0) is 76.4 Å². The molecular formula is C36H47FN4O8. The monoisotopic (exact) mass is 682 g/mol. The first-order chi connectivity index (χ1) is 23.1. The van der Waals surface area contributed by atoms with Gasteiger partial charge in [-0.2, -0.15) is 0 Å². The number of hydrogen-bond acceptors (Lipinski definition) is 8. The molecule has 0 unspecified atom stereocenters. The Kier molecular flexibility index (Phi) is 13.9. The lowest BCUT2D eigenvalue weighted by atomic mass is 10.0. The number of hydrogen-bond donors (Lipinski definition) is 0. The third-order valence-electron chi connectivity index (χ3n) is 7.43. The second-order valence-electron chi connectivity index (χ2n) is 12.8. The van der Waals surface area contributed by atoms with Gasteiger partial charge in [-0.3, -0.25) is 14.4 Å². The highest BCUT2D eigenvalue weighted by atomic mass is 19.1. The molecule has 2 aromatic heterocycles. The first-order valence-corrected chi connectivity index (χ1v) is 16.2. The number of aromatic nitrogens is 2. The fourth-order valence-corrected chi connectivity index (χ4v) is 5.03. The van der Waals surface area contributed by atoms with Crippen molar-refractivity contribution in [2.45, 2.75) is 71.6 Å². The summed E-state index contributed by atoms with van der Waals surface area (Å²) in [4.78, 5) is 68.6. The quantitative estimate of drug-likeness (QED) is 0.201. The lowest BCUT2D eigenvalue weighted by Crippen LogP contribution is -2.40. The van der Waals surface area contributed by atoms with Crippen molar-refractivity contribution in [1.29, 1.82) is 0 Å². The Morgan fingerprint density at radius 3 is 2.45 bits per heavy atom. The number of rotatable bonds is 15. The summed E-state index contributed by atoms with van der Waals surface area (Å²) in [7, 11) is 4.76. The molecule has 1 atom stereocenters. The van der Waals surface area contributed by atoms with E-state index in [1.165, 1.54) is 62.6 Å². The number of ketones is 1. The van der Waals surface area contributed by atoms with Gasteiger partial charge < -0.3 is 28.6 Å². The average molecular weight is 683 g/mol. The van der Waals surface area contributed by atoms with Gasteiger partial charge in [-0.25, -0.2) is 18.5 Å². The lowest BCUT2D eigenvalue weighted by Gasteiger charge is -2.24. The SMILES string of the molecule is CCCN(CCOC)C(=O)O[C@@H](CC/C=C/C(=O)N(C)C)C(=O)Cc1cccn(Cc2cc3cc(F)ccc3n2C(=O)OC(C)(C)C)c1=O. The van der Waals surface area contributed by atoms with E-state index in [4.69, 9.17) is 14.2 Å². The van der Waals surface area contributed by atoms with E-state index in [9.17, 15) is 28.4 Å². The minimum Gasteiger partial charge on any atom is -0.443 e. The van der Waals surface area contributed by atoms with Crippen molar-refractivity contribution in [2.75, 3.05) is 40.9 Å². The zero-order valence-electron chi connectivity index (χ0n) is 29.4. The molecule has 0 aliphatic carbocycles. The molecule has 12 nitrogen and oxygen atoms in total. The highest BCUT2D eigenvalue weighted by Crippen LogP contribution is 2.24. The van der Waals surface area contributed by atoms with Crippen LogP contribution >= 0.6 is 0 Å². The zero-order valence-corrected chi connectivity index (χ0v) is 29.4. The standard InChI is InChI=1S/C36H47FN4O8/c1-8-17-39(19-20-47-7)34(45)48-31(13-9-10-14-32(43)38(5)6)30(42)23-25-12-11-18-40(33(25)44)24-28-22-26-21-27(37)15-16-29(26)41(28)35(46)49-36(2,3)4/h10-12,14-16,18,21-22,31H,8-9,13,17,19-20,23-24H2,1-7H3/b14-10+/t31-/m0/s1. The van der Waals surface area contributed by atoms with Crippen molar-refractivity contribution in [1.82, 2.24) is 18.9 Å². The van der Waals surface area contributed by atoms with Gasteiger partial charge in [-0.15, -0.1) is 0 Å². The molecule has 49 heavy (non-hydrogen) atoms. The molecular weight excluding hydrogens is 635 g/mol. The molecule has 2 amide bonds. The number of benzene rings is 1. The van der Waals surface area contributed by atoms with Crippen molar-refractivity contribution >= 4 is 34.8 Å². The number of halogens is 1. The van der Waals surface area contributed by atoms with Gasteiger partial charge in [-0.1, -0.05) is 19.1 Å². The van der Waals surface area contributed by atoms with Crippen molar-refractivity contribution < 1.29 is 37.8 Å². The molecule has 0 aliphatic rings. The normalized spacial score (nSPS) is 12.2. The second-order valence-corrected chi connectivity index (χ2v) is 12.8. The number of methoxy groups -OCH3 is 1. The Hall–Kier alpha value is -4.78. The van der Waals surface area contributed by atoms with Crippen LogP contribution in [0.2, 0.25) is 0 Å². The highest BCUT2D eigenvalue weighted by molar-refractivity contribution is 5.91. The molecule has 13 heteroatoms. The maximum atomic E-state index is 14.1. The van der Waals surface area contributed by atoms with E-state index in [0.29, 0.717) is 29.6 Å². The summed E-state index contributed by atoms with van der Waals surface area (Å²) in [5.74, 6) is -1.20. The molecule has 1 aromatic carbocycles. The van der Waals surface area contributed by atoms with Crippen LogP contribution in [0, 0.1) is 5.82 Å². The van der Waals surface area contributed by atoms with Crippen LogP contribution in [0.5, 0.6) is 0 Å². The molecule has 0 saturated carbocycles. The van der Waals surface area contributed by atoms with Crippen molar-refractivity contribution in [2.24, 2.45) is 0 Å². The molecule has 3 aromatic rings. The van der Waals surface area contributed by atoms with Crippen LogP contribution in [-0.4, -0.2) is 95.4 Å². The summed E-state index contributed by atoms with van der Waals surface area (Å²) in [5, 5.41) is 0.453. The highest BCUT2D eigenvalue weighted by Gasteiger charge is 2.27. The van der Waals surface area contributed by atoms with Crippen LogP contribution < -0.4 is 5.56 Å². The van der Waals surface area contributed by atoms with Crippen LogP contribution in [0.1, 0.15) is 58.2 Å². The molecule has 0 radical (unpaired) electrons. The molecule has 0 fully saturated rings. The third kappa shape index (κ3) is 11.1. The van der Waals surface area contributed by atoms with E-state index < -0.39 is 41.1 Å². The van der Waals surface area contributed by atoms with Gasteiger partial charge in [0.1, 0.15) is 11.4 Å². The van der Waals surface area contributed by atoms with Crippen LogP contribution in [0.3, 0.4) is 0 Å². The predicted octanol–water partition coefficient (Wildman–Crippen LogP) is 5.17. The van der Waals surface area contributed by atoms with E-state index in [1.807, 2.05) is 6.92 Å². The fraction of sp³-hybridized carbons (Fsp3) is 0.472. The van der Waals surface area contributed by atoms with Crippen LogP contribution in [0.4, 0.5) is 14.0 Å². The zero-order chi connectivity index (χ0) is 36.3. The Labute approximate surface area is 286 Å². The molecule has 2 heterocycles. The fourth-order valence-electron chi connectivity index (χ4n) is 5.03. The summed E-state index contributed by atoms with van der Waals surface area (Å²) in [6.07, 6.45) is 2.66. The van der Waals surface area contributed by atoms with Gasteiger partial charge in [0.2, 0.25) is 5.91 Å². The molecule has 0 saturated heterocycles. The first kappa shape index (κ1) is 38.7. The second kappa shape index (κ2) is 17.6. The maximum absolute atomic E-state index is 14.1. The predicted molar refractivity (Wildman–Crippen MR) is 183 cm³/mol. The van der Waals surface area contributed by atoms with Crippen LogP contribution in [0.25, 0.3) is 10.9 Å². The molecule has 0 aliphatic heterocycles. The van der Waals surface area contributed by atoms with Gasteiger partial charge in [0.05, 0.1) is 18.7 Å². The van der Waals surface area contributed by atoms with E-state index in [2.05, 4.69) is 0 Å². The smallest absolute Gasteiger partial charge is 0.419 e. The number of Topliss-reactive ketones (excluding diaryl/α,β-unsaturated/α-hetero) is 1. The van der Waals surface area contributed by atoms with E-state index in [1.54, 1.807) is 53.1 Å². The minimum atomic E-state index is -1.19. The van der Waals surface area contributed by atoms with Gasteiger partial charge >= 0.3 is 12.2 Å². The van der Waals surface area contributed by atoms with Gasteiger partial charge in [0.15, 0.2) is 11.9 Å². The Balaban J connectivity index is 1.90. The first-order valence-electron chi connectivity index (χ1n) is 16.2. The number of likely N-dealkylation sites (N-methyl/N-ethyl adjacent to an activating group) is 1. The van der Waals surface area contributed by atoms with Crippen LogP contribution in [0.15, 0.2) is 59.5 Å². The Morgan fingerprint density at radius 2 is 1.80 bits per heavy atom. The molecule has 0 spiro atoms. The average Bonchev–Trinajstić information content (AvgIpc) is 3.38. The van der Waals surface area contributed by atoms with Crippen molar-refractivity contribution in [3.05, 3.63) is 82.2 Å². The molecule has 0 N–H and O–H groups in total. The largest absolute Gasteiger partial charge is 0.443 e. The molecule has 0 bridgehead atoms. The summed E-state index contributed by atoms with van der Waals surface area (Å²) < 4.78 is 33.2.